The Hall–Kier alpha value is -1.10. The number of unbranched alkanes of at least 4 members (excludes halogenated alkanes) is 1. The molecule has 102 valence electrons. The van der Waals surface area contributed by atoms with E-state index in [1.54, 1.807) is 4.68 Å². The smallest absolute Gasteiger partial charge is 0.317 e. The molecule has 1 N–H and O–H groups in total. The van der Waals surface area contributed by atoms with Crippen molar-refractivity contribution in [3.63, 3.8) is 0 Å². The van der Waals surface area contributed by atoms with Gasteiger partial charge in [-0.05, 0) is 45.2 Å². The van der Waals surface area contributed by atoms with E-state index in [1.165, 1.54) is 6.42 Å². The summed E-state index contributed by atoms with van der Waals surface area (Å²) >= 11 is 0. The van der Waals surface area contributed by atoms with Crippen LogP contribution in [0.2, 0.25) is 0 Å². The average Bonchev–Trinajstić information content (AvgIpc) is 2.71. The van der Waals surface area contributed by atoms with Gasteiger partial charge < -0.3 is 5.32 Å². The third kappa shape index (κ3) is 3.22. The molecule has 0 bridgehead atoms. The Balaban J connectivity index is 1.79. The van der Waals surface area contributed by atoms with Gasteiger partial charge in [-0.1, -0.05) is 6.92 Å². The van der Waals surface area contributed by atoms with Crippen molar-refractivity contribution >= 4 is 0 Å². The molecule has 0 saturated carbocycles. The number of hydrogen-bond acceptors (Lipinski definition) is 3. The predicted octanol–water partition coefficient (Wildman–Crippen LogP) is 1.16. The summed E-state index contributed by atoms with van der Waals surface area (Å²) in [5.74, 6) is 0.982. The number of aryl methyl sites for hydroxylation is 2. The Morgan fingerprint density at radius 3 is 2.94 bits per heavy atom. The summed E-state index contributed by atoms with van der Waals surface area (Å²) in [5, 5.41) is 7.80. The molecule has 18 heavy (non-hydrogen) atoms. The number of nitrogens with one attached hydrogen (secondary N) is 1. The lowest BCUT2D eigenvalue weighted by molar-refractivity contribution is 0.504. The Kier molecular flexibility index (Phi) is 4.99. The van der Waals surface area contributed by atoms with Crippen LogP contribution in [0.5, 0.6) is 0 Å². The molecule has 2 rings (SSSR count). The van der Waals surface area contributed by atoms with Crippen molar-refractivity contribution in [2.45, 2.75) is 58.5 Å². The van der Waals surface area contributed by atoms with Crippen LogP contribution in [0.3, 0.4) is 0 Å². The lowest BCUT2D eigenvalue weighted by atomic mass is 10.2. The molecule has 0 atom stereocenters. The van der Waals surface area contributed by atoms with E-state index in [-0.39, 0.29) is 5.69 Å². The van der Waals surface area contributed by atoms with Crippen molar-refractivity contribution in [3.8, 4) is 0 Å². The van der Waals surface area contributed by atoms with Crippen LogP contribution in [-0.2, 0) is 19.5 Å². The van der Waals surface area contributed by atoms with Crippen LogP contribution in [0.4, 0.5) is 0 Å². The van der Waals surface area contributed by atoms with Gasteiger partial charge in [0.2, 0.25) is 0 Å². The largest absolute Gasteiger partial charge is 0.345 e. The van der Waals surface area contributed by atoms with E-state index >= 15 is 0 Å². The molecule has 1 aliphatic rings. The van der Waals surface area contributed by atoms with Gasteiger partial charge in [0.25, 0.3) is 0 Å². The molecule has 0 amide bonds. The summed E-state index contributed by atoms with van der Waals surface area (Å²) < 4.78 is 3.50. The van der Waals surface area contributed by atoms with Crippen LogP contribution in [0.15, 0.2) is 4.79 Å². The van der Waals surface area contributed by atoms with E-state index in [9.17, 15) is 4.79 Å². The fourth-order valence-electron chi connectivity index (χ4n) is 2.41. The zero-order chi connectivity index (χ0) is 12.8. The number of fused-ring (bicyclic) bond motifs is 1. The second-order valence-electron chi connectivity index (χ2n) is 4.99. The van der Waals surface area contributed by atoms with Gasteiger partial charge in [-0.2, -0.15) is 5.10 Å². The predicted molar refractivity (Wildman–Crippen MR) is 71.8 cm³/mol. The Labute approximate surface area is 108 Å². The van der Waals surface area contributed by atoms with Crippen LogP contribution < -0.4 is 11.0 Å². The van der Waals surface area contributed by atoms with Gasteiger partial charge in [-0.25, -0.2) is 9.48 Å². The van der Waals surface area contributed by atoms with E-state index in [4.69, 9.17) is 0 Å². The molecule has 0 aromatic carbocycles. The molecular weight excluding hydrogens is 228 g/mol. The summed E-state index contributed by atoms with van der Waals surface area (Å²) in [6.45, 7) is 5.90. The van der Waals surface area contributed by atoms with Crippen LogP contribution in [-0.4, -0.2) is 27.4 Å². The lowest BCUT2D eigenvalue weighted by Crippen LogP contribution is -2.27. The Morgan fingerprint density at radius 1 is 1.28 bits per heavy atom. The molecule has 5 nitrogen and oxygen atoms in total. The average molecular weight is 252 g/mol. The highest BCUT2D eigenvalue weighted by Crippen LogP contribution is 2.09. The molecule has 0 spiro atoms. The topological polar surface area (TPSA) is 51.9 Å². The highest BCUT2D eigenvalue weighted by atomic mass is 16.2. The van der Waals surface area contributed by atoms with Crippen molar-refractivity contribution in [2.75, 3.05) is 13.1 Å². The first-order valence-electron chi connectivity index (χ1n) is 7.20. The minimum Gasteiger partial charge on any atom is -0.317 e. The van der Waals surface area contributed by atoms with Crippen LogP contribution in [0.25, 0.3) is 0 Å². The minimum absolute atomic E-state index is 0.0891. The van der Waals surface area contributed by atoms with Crippen molar-refractivity contribution in [1.82, 2.24) is 19.7 Å². The molecule has 0 radical (unpaired) electrons. The third-order valence-corrected chi connectivity index (χ3v) is 3.43. The summed E-state index contributed by atoms with van der Waals surface area (Å²) in [5.41, 5.74) is 0.0891. The normalized spacial score (nSPS) is 14.7. The molecule has 1 aromatic rings. The van der Waals surface area contributed by atoms with E-state index in [2.05, 4.69) is 17.3 Å². The van der Waals surface area contributed by atoms with Crippen molar-refractivity contribution in [3.05, 3.63) is 16.3 Å². The summed E-state index contributed by atoms with van der Waals surface area (Å²) in [6, 6.07) is 0. The maximum Gasteiger partial charge on any atom is 0.345 e. The second kappa shape index (κ2) is 6.73. The molecule has 1 aliphatic heterocycles. The number of rotatable bonds is 7. The van der Waals surface area contributed by atoms with Gasteiger partial charge in [0.1, 0.15) is 5.82 Å². The zero-order valence-electron chi connectivity index (χ0n) is 11.3. The highest BCUT2D eigenvalue weighted by molar-refractivity contribution is 4.91. The monoisotopic (exact) mass is 252 g/mol. The zero-order valence-corrected chi connectivity index (χ0v) is 11.3. The molecule has 2 heterocycles. The van der Waals surface area contributed by atoms with Crippen molar-refractivity contribution in [1.29, 1.82) is 0 Å². The van der Waals surface area contributed by atoms with Crippen molar-refractivity contribution in [2.24, 2.45) is 0 Å². The first-order chi connectivity index (χ1) is 8.83. The van der Waals surface area contributed by atoms with E-state index in [0.717, 1.165) is 64.1 Å². The standard InChI is InChI=1S/C13H24N4O/c1-2-8-14-9-4-6-11-17-13(18)16-10-5-3-7-12(16)15-17/h14H,2-11H2,1H3. The maximum absolute atomic E-state index is 12.0. The molecule has 0 unspecified atom stereocenters. The summed E-state index contributed by atoms with van der Waals surface area (Å²) in [6.07, 6.45) is 6.53. The van der Waals surface area contributed by atoms with Crippen molar-refractivity contribution < 1.29 is 0 Å². The van der Waals surface area contributed by atoms with Gasteiger partial charge in [0.15, 0.2) is 0 Å². The van der Waals surface area contributed by atoms with Gasteiger partial charge in [-0.15, -0.1) is 0 Å². The molecule has 0 fully saturated rings. The number of nitrogens with zero attached hydrogens (tertiary/aromatic N) is 3. The van der Waals surface area contributed by atoms with Gasteiger partial charge in [0.05, 0.1) is 0 Å². The molecular formula is C13H24N4O. The maximum atomic E-state index is 12.0. The highest BCUT2D eigenvalue weighted by Gasteiger charge is 2.15. The minimum atomic E-state index is 0.0891. The first kappa shape index (κ1) is 13.3. The van der Waals surface area contributed by atoms with E-state index < -0.39 is 0 Å². The van der Waals surface area contributed by atoms with Crippen LogP contribution in [0, 0.1) is 0 Å². The molecule has 0 saturated heterocycles. The number of aromatic nitrogens is 3. The Bertz CT molecular complexity index is 421. The van der Waals surface area contributed by atoms with E-state index in [0.29, 0.717) is 0 Å². The Morgan fingerprint density at radius 2 is 2.17 bits per heavy atom. The second-order valence-corrected chi connectivity index (χ2v) is 4.99. The number of hydrogen-bond donors (Lipinski definition) is 1. The van der Waals surface area contributed by atoms with Crippen LogP contribution in [0.1, 0.15) is 44.9 Å². The van der Waals surface area contributed by atoms with Crippen LogP contribution >= 0.6 is 0 Å². The van der Waals surface area contributed by atoms with Gasteiger partial charge >= 0.3 is 5.69 Å². The summed E-state index contributed by atoms with van der Waals surface area (Å²) in [7, 11) is 0. The molecule has 0 aliphatic carbocycles. The van der Waals surface area contributed by atoms with E-state index in [1.807, 2.05) is 4.57 Å². The SMILES string of the molecule is CCCNCCCCn1nc2n(c1=O)CCCC2. The fourth-order valence-corrected chi connectivity index (χ4v) is 2.41. The third-order valence-electron chi connectivity index (χ3n) is 3.43. The molecule has 5 heteroatoms. The van der Waals surface area contributed by atoms with Gasteiger partial charge in [-0.3, -0.25) is 4.57 Å². The molecule has 1 aromatic heterocycles. The first-order valence-corrected chi connectivity index (χ1v) is 7.20. The fraction of sp³-hybridized carbons (Fsp3) is 0.846. The van der Waals surface area contributed by atoms with Gasteiger partial charge in [0, 0.05) is 19.5 Å². The quantitative estimate of drug-likeness (QED) is 0.741. The summed E-state index contributed by atoms with van der Waals surface area (Å²) in [4.78, 5) is 12.0. The lowest BCUT2D eigenvalue weighted by Gasteiger charge is -2.09.